The zero-order chi connectivity index (χ0) is 26.9. The number of benzene rings is 3. The standard InChI is InChI=1S/C32H32N4O2/c1-4-5-18-38-29-16-17-30(23(2)19-29)31-27(22-36(35-31)28-14-10-7-11-15-28)20-26(21-33)32(37)34-24(3)25-12-8-6-9-13-25/h6-17,19-20,22,24H,4-5,18H2,1-3H3,(H,34,37)/b26-20-/t24-/m0/s1. The Kier molecular flexibility index (Phi) is 8.73. The van der Waals surface area contributed by atoms with Crippen molar-refractivity contribution in [3.63, 3.8) is 0 Å². The molecule has 0 saturated heterocycles. The average Bonchev–Trinajstić information content (AvgIpc) is 3.36. The number of aryl methyl sites for hydroxylation is 1. The molecular formula is C32H32N4O2. The van der Waals surface area contributed by atoms with Gasteiger partial charge < -0.3 is 10.1 Å². The third-order valence-electron chi connectivity index (χ3n) is 6.29. The molecule has 0 aliphatic heterocycles. The average molecular weight is 505 g/mol. The van der Waals surface area contributed by atoms with E-state index in [1.807, 2.05) is 98.9 Å². The summed E-state index contributed by atoms with van der Waals surface area (Å²) in [7, 11) is 0. The highest BCUT2D eigenvalue weighted by atomic mass is 16.5. The van der Waals surface area contributed by atoms with Crippen molar-refractivity contribution < 1.29 is 9.53 Å². The Morgan fingerprint density at radius 3 is 2.47 bits per heavy atom. The summed E-state index contributed by atoms with van der Waals surface area (Å²) in [6.45, 7) is 6.72. The third-order valence-corrected chi connectivity index (χ3v) is 6.29. The smallest absolute Gasteiger partial charge is 0.262 e. The molecule has 1 heterocycles. The van der Waals surface area contributed by atoms with Crippen molar-refractivity contribution in [3.05, 3.63) is 107 Å². The molecule has 6 heteroatoms. The van der Waals surface area contributed by atoms with Crippen molar-refractivity contribution in [1.29, 1.82) is 5.26 Å². The molecule has 4 aromatic rings. The molecule has 1 atom stereocenters. The lowest BCUT2D eigenvalue weighted by atomic mass is 10.0. The van der Waals surface area contributed by atoms with Crippen LogP contribution in [0, 0.1) is 18.3 Å². The van der Waals surface area contributed by atoms with Crippen molar-refractivity contribution in [3.8, 4) is 28.8 Å². The van der Waals surface area contributed by atoms with Crippen LogP contribution in [0.25, 0.3) is 23.0 Å². The first-order valence-electron chi connectivity index (χ1n) is 12.9. The number of ether oxygens (including phenoxy) is 1. The number of hydrogen-bond donors (Lipinski definition) is 1. The second kappa shape index (κ2) is 12.6. The van der Waals surface area contributed by atoms with E-state index in [-0.39, 0.29) is 11.6 Å². The van der Waals surface area contributed by atoms with Gasteiger partial charge in [0.1, 0.15) is 23.1 Å². The first kappa shape index (κ1) is 26.4. The Labute approximate surface area is 224 Å². The number of amides is 1. The minimum atomic E-state index is -0.432. The van der Waals surface area contributed by atoms with E-state index in [4.69, 9.17) is 9.84 Å². The molecule has 4 rings (SSSR count). The summed E-state index contributed by atoms with van der Waals surface area (Å²) in [5, 5.41) is 17.7. The second-order valence-electron chi connectivity index (χ2n) is 9.17. The molecule has 6 nitrogen and oxygen atoms in total. The number of rotatable bonds is 10. The molecule has 0 fully saturated rings. The quantitative estimate of drug-likeness (QED) is 0.146. The van der Waals surface area contributed by atoms with Crippen LogP contribution in [0.2, 0.25) is 0 Å². The molecule has 0 aliphatic rings. The van der Waals surface area contributed by atoms with Gasteiger partial charge in [-0.2, -0.15) is 10.4 Å². The van der Waals surface area contributed by atoms with E-state index in [0.717, 1.165) is 41.0 Å². The maximum absolute atomic E-state index is 13.1. The van der Waals surface area contributed by atoms with Crippen molar-refractivity contribution in [1.82, 2.24) is 15.1 Å². The van der Waals surface area contributed by atoms with Gasteiger partial charge in [-0.05, 0) is 67.8 Å². The molecule has 38 heavy (non-hydrogen) atoms. The SMILES string of the molecule is CCCCOc1ccc(-c2nn(-c3ccccc3)cc2/C=C(/C#N)C(=O)N[C@@H](C)c2ccccc2)c(C)c1. The summed E-state index contributed by atoms with van der Waals surface area (Å²) in [4.78, 5) is 13.1. The van der Waals surface area contributed by atoms with Crippen molar-refractivity contribution in [2.45, 2.75) is 39.7 Å². The van der Waals surface area contributed by atoms with E-state index >= 15 is 0 Å². The molecule has 1 aromatic heterocycles. The van der Waals surface area contributed by atoms with Gasteiger partial charge in [-0.3, -0.25) is 4.79 Å². The first-order chi connectivity index (χ1) is 18.5. The zero-order valence-electron chi connectivity index (χ0n) is 22.0. The highest BCUT2D eigenvalue weighted by molar-refractivity contribution is 6.02. The number of carbonyl (C=O) groups is 1. The van der Waals surface area contributed by atoms with Gasteiger partial charge in [0.25, 0.3) is 5.91 Å². The molecule has 192 valence electrons. The van der Waals surface area contributed by atoms with Crippen LogP contribution in [0.5, 0.6) is 5.75 Å². The van der Waals surface area contributed by atoms with Crippen molar-refractivity contribution in [2.24, 2.45) is 0 Å². The van der Waals surface area contributed by atoms with E-state index in [1.165, 1.54) is 0 Å². The van der Waals surface area contributed by atoms with Crippen LogP contribution in [0.4, 0.5) is 0 Å². The van der Waals surface area contributed by atoms with Crippen LogP contribution in [-0.2, 0) is 4.79 Å². The lowest BCUT2D eigenvalue weighted by Crippen LogP contribution is -2.27. The number of aromatic nitrogens is 2. The lowest BCUT2D eigenvalue weighted by Gasteiger charge is -2.13. The number of hydrogen-bond acceptors (Lipinski definition) is 4. The topological polar surface area (TPSA) is 79.9 Å². The minimum absolute atomic E-state index is 0.0128. The molecule has 1 amide bonds. The van der Waals surface area contributed by atoms with E-state index in [1.54, 1.807) is 10.8 Å². The molecule has 1 N–H and O–H groups in total. The summed E-state index contributed by atoms with van der Waals surface area (Å²) >= 11 is 0. The Balaban J connectivity index is 1.70. The van der Waals surface area contributed by atoms with Gasteiger partial charge in [-0.25, -0.2) is 4.68 Å². The third kappa shape index (κ3) is 6.37. The van der Waals surface area contributed by atoms with Crippen LogP contribution < -0.4 is 10.1 Å². The molecule has 0 unspecified atom stereocenters. The normalized spacial score (nSPS) is 12.0. The molecule has 0 spiro atoms. The highest BCUT2D eigenvalue weighted by Gasteiger charge is 2.18. The Morgan fingerprint density at radius 1 is 1.11 bits per heavy atom. The predicted molar refractivity (Wildman–Crippen MR) is 151 cm³/mol. The minimum Gasteiger partial charge on any atom is -0.494 e. The fraction of sp³-hybridized carbons (Fsp3) is 0.219. The molecular weight excluding hydrogens is 472 g/mol. The molecule has 0 aliphatic carbocycles. The van der Waals surface area contributed by atoms with Crippen molar-refractivity contribution >= 4 is 12.0 Å². The number of nitrogens with zero attached hydrogens (tertiary/aromatic N) is 3. The van der Waals surface area contributed by atoms with Crippen molar-refractivity contribution in [2.75, 3.05) is 6.61 Å². The van der Waals surface area contributed by atoms with E-state index < -0.39 is 5.91 Å². The number of unbranched alkanes of at least 4 members (excludes halogenated alkanes) is 1. The van der Waals surface area contributed by atoms with Gasteiger partial charge in [0.2, 0.25) is 0 Å². The second-order valence-corrected chi connectivity index (χ2v) is 9.17. The number of nitrogens with one attached hydrogen (secondary N) is 1. The number of para-hydroxylation sites is 1. The molecule has 3 aromatic carbocycles. The summed E-state index contributed by atoms with van der Waals surface area (Å²) in [6, 6.07) is 27.2. The van der Waals surface area contributed by atoms with E-state index in [2.05, 4.69) is 18.3 Å². The fourth-order valence-electron chi connectivity index (χ4n) is 4.14. The summed E-state index contributed by atoms with van der Waals surface area (Å²) in [5.41, 5.74) is 5.12. The van der Waals surface area contributed by atoms with Crippen LogP contribution in [0.3, 0.4) is 0 Å². The number of nitriles is 1. The maximum Gasteiger partial charge on any atom is 0.262 e. The van der Waals surface area contributed by atoms with Crippen LogP contribution in [-0.4, -0.2) is 22.3 Å². The Morgan fingerprint density at radius 2 is 1.82 bits per heavy atom. The van der Waals surface area contributed by atoms with E-state index in [0.29, 0.717) is 17.9 Å². The van der Waals surface area contributed by atoms with Gasteiger partial charge >= 0.3 is 0 Å². The lowest BCUT2D eigenvalue weighted by molar-refractivity contribution is -0.117. The fourth-order valence-corrected chi connectivity index (χ4v) is 4.14. The summed E-state index contributed by atoms with van der Waals surface area (Å²) in [5.74, 6) is 0.380. The van der Waals surface area contributed by atoms with Gasteiger partial charge in [0.15, 0.2) is 0 Å². The van der Waals surface area contributed by atoms with Crippen LogP contribution in [0.1, 0.15) is 49.4 Å². The summed E-state index contributed by atoms with van der Waals surface area (Å²) in [6.07, 6.45) is 5.53. The predicted octanol–water partition coefficient (Wildman–Crippen LogP) is 6.81. The molecule has 0 bridgehead atoms. The first-order valence-corrected chi connectivity index (χ1v) is 12.9. The molecule has 0 saturated carbocycles. The summed E-state index contributed by atoms with van der Waals surface area (Å²) < 4.78 is 7.65. The van der Waals surface area contributed by atoms with Gasteiger partial charge in [0, 0.05) is 17.3 Å². The highest BCUT2D eigenvalue weighted by Crippen LogP contribution is 2.31. The van der Waals surface area contributed by atoms with Gasteiger partial charge in [0.05, 0.1) is 18.3 Å². The number of carbonyl (C=O) groups excluding carboxylic acids is 1. The Hall–Kier alpha value is -4.63. The maximum atomic E-state index is 13.1. The largest absolute Gasteiger partial charge is 0.494 e. The van der Waals surface area contributed by atoms with Gasteiger partial charge in [-0.1, -0.05) is 61.9 Å². The van der Waals surface area contributed by atoms with Crippen LogP contribution >= 0.6 is 0 Å². The van der Waals surface area contributed by atoms with Gasteiger partial charge in [-0.15, -0.1) is 0 Å². The molecule has 0 radical (unpaired) electrons. The zero-order valence-corrected chi connectivity index (χ0v) is 22.0. The van der Waals surface area contributed by atoms with Crippen LogP contribution in [0.15, 0.2) is 90.6 Å². The van der Waals surface area contributed by atoms with E-state index in [9.17, 15) is 10.1 Å². The Bertz CT molecular complexity index is 1450. The monoisotopic (exact) mass is 504 g/mol.